The molecule has 0 unspecified atom stereocenters. The molecule has 1 saturated heterocycles. The highest BCUT2D eigenvalue weighted by molar-refractivity contribution is 7.12. The second kappa shape index (κ2) is 8.90. The van der Waals surface area contributed by atoms with E-state index in [0.29, 0.717) is 36.6 Å². The lowest BCUT2D eigenvalue weighted by molar-refractivity contribution is 0.0666. The molecule has 4 aromatic rings. The van der Waals surface area contributed by atoms with Gasteiger partial charge in [0.2, 0.25) is 0 Å². The van der Waals surface area contributed by atoms with Crippen LogP contribution < -0.4 is 4.90 Å². The highest BCUT2D eigenvalue weighted by Gasteiger charge is 2.71. The van der Waals surface area contributed by atoms with Gasteiger partial charge in [0, 0.05) is 37.8 Å². The zero-order chi connectivity index (χ0) is 27.1. The maximum atomic E-state index is 14.6. The van der Waals surface area contributed by atoms with Gasteiger partial charge in [-0.05, 0) is 52.9 Å². The molecule has 4 nitrogen and oxygen atoms in total. The first-order valence-electron chi connectivity index (χ1n) is 12.3. The van der Waals surface area contributed by atoms with Crippen LogP contribution in [0.15, 0.2) is 84.3 Å². The van der Waals surface area contributed by atoms with Gasteiger partial charge in [-0.25, -0.2) is 0 Å². The van der Waals surface area contributed by atoms with Crippen LogP contribution in [0.1, 0.15) is 47.4 Å². The fourth-order valence-electron chi connectivity index (χ4n) is 6.61. The van der Waals surface area contributed by atoms with Crippen LogP contribution in [0.4, 0.5) is 5.69 Å². The van der Waals surface area contributed by atoms with Crippen molar-refractivity contribution in [1.82, 2.24) is 0 Å². The number of anilines is 1. The Morgan fingerprint density at radius 3 is 2.21 bits per heavy atom. The summed E-state index contributed by atoms with van der Waals surface area (Å²) in [6.07, 6.45) is 3.74. The molecule has 0 N–H and O–H groups in total. The summed E-state index contributed by atoms with van der Waals surface area (Å²) >= 11 is 20.8. The second-order valence-corrected chi connectivity index (χ2v) is 12.1. The van der Waals surface area contributed by atoms with E-state index in [0.717, 1.165) is 11.3 Å². The molecule has 8 heteroatoms. The van der Waals surface area contributed by atoms with Crippen LogP contribution in [0, 0.1) is 5.41 Å². The molecular weight excluding hydrogens is 573 g/mol. The van der Waals surface area contributed by atoms with Crippen LogP contribution >= 0.6 is 46.1 Å². The minimum Gasteiger partial charge on any atom is -0.352 e. The Morgan fingerprint density at radius 2 is 1.54 bits per heavy atom. The molecular formula is C31H18Cl3NO3S. The number of carbonyl (C=O) groups excluding carboxylic acids is 3. The summed E-state index contributed by atoms with van der Waals surface area (Å²) in [5.74, 6) is -1.69. The Labute approximate surface area is 243 Å². The standard InChI is InChI=1S/C31H18Cl3NO3S/c32-17-9-11-23-16(14-17)7-12-25-31(29(37)19-4-1-2-5-20(19)30(31)38)26(21-10-8-18(33)15-22(21)34)27(35(23)25)28(36)24-6-3-13-39-24/h1-15,25-27H/t25-,26-,27+/m0/s1. The number of thiophene rings is 1. The first-order valence-corrected chi connectivity index (χ1v) is 14.3. The van der Waals surface area contributed by atoms with Crippen molar-refractivity contribution in [3.05, 3.63) is 126 Å². The lowest BCUT2D eigenvalue weighted by atomic mass is 9.64. The average Bonchev–Trinajstić information content (AvgIpc) is 3.62. The number of hydrogen-bond donors (Lipinski definition) is 0. The predicted octanol–water partition coefficient (Wildman–Crippen LogP) is 8.02. The molecule has 2 aliphatic heterocycles. The van der Waals surface area contributed by atoms with E-state index < -0.39 is 23.4 Å². The molecule has 3 aliphatic rings. The van der Waals surface area contributed by atoms with E-state index in [4.69, 9.17) is 34.8 Å². The zero-order valence-electron chi connectivity index (χ0n) is 20.1. The summed E-state index contributed by atoms with van der Waals surface area (Å²) in [6.45, 7) is 0. The molecule has 1 fully saturated rings. The van der Waals surface area contributed by atoms with Gasteiger partial charge in [-0.1, -0.05) is 83.4 Å². The fourth-order valence-corrected chi connectivity index (χ4v) is 8.01. The van der Waals surface area contributed by atoms with E-state index in [1.54, 1.807) is 54.6 Å². The number of hydrogen-bond acceptors (Lipinski definition) is 5. The number of ketones is 3. The Morgan fingerprint density at radius 1 is 0.846 bits per heavy atom. The Hall–Kier alpha value is -3.22. The summed E-state index contributed by atoms with van der Waals surface area (Å²) in [4.78, 5) is 46.1. The van der Waals surface area contributed by atoms with Crippen LogP contribution in [0.2, 0.25) is 15.1 Å². The van der Waals surface area contributed by atoms with Crippen molar-refractivity contribution in [3.63, 3.8) is 0 Å². The normalized spacial score (nSPS) is 22.2. The van der Waals surface area contributed by atoms with Gasteiger partial charge in [0.05, 0.1) is 10.9 Å². The van der Waals surface area contributed by atoms with Crippen molar-refractivity contribution in [2.24, 2.45) is 5.41 Å². The number of Topliss-reactive ketones (excluding diaryl/α,β-unsaturated/α-hetero) is 3. The number of benzene rings is 3. The summed E-state index contributed by atoms with van der Waals surface area (Å²) < 4.78 is 0. The van der Waals surface area contributed by atoms with Gasteiger partial charge in [0.25, 0.3) is 0 Å². The van der Waals surface area contributed by atoms with Gasteiger partial charge in [-0.3, -0.25) is 14.4 Å². The molecule has 0 radical (unpaired) electrons. The average molecular weight is 591 g/mol. The lowest BCUT2D eigenvalue weighted by Crippen LogP contribution is -2.48. The summed E-state index contributed by atoms with van der Waals surface area (Å²) in [5, 5.41) is 3.10. The van der Waals surface area contributed by atoms with Gasteiger partial charge in [0.1, 0.15) is 11.5 Å². The Balaban J connectivity index is 1.58. The molecule has 0 amide bonds. The quantitative estimate of drug-likeness (QED) is 0.179. The largest absolute Gasteiger partial charge is 0.352 e. The topological polar surface area (TPSA) is 54.5 Å². The summed E-state index contributed by atoms with van der Waals surface area (Å²) in [6, 6.07) is 19.3. The lowest BCUT2D eigenvalue weighted by Gasteiger charge is -2.37. The SMILES string of the molecule is O=C(c1cccs1)[C@H]1[C@H](c2ccc(Cl)cc2Cl)C2(C(=O)c3ccccc3C2=O)[C@@H]2C=Cc3cc(Cl)ccc3N21. The molecule has 7 rings (SSSR count). The zero-order valence-corrected chi connectivity index (χ0v) is 23.2. The molecule has 3 atom stereocenters. The van der Waals surface area contributed by atoms with E-state index in [-0.39, 0.29) is 17.3 Å². The third-order valence-corrected chi connectivity index (χ3v) is 9.78. The first kappa shape index (κ1) is 24.8. The molecule has 192 valence electrons. The third-order valence-electron chi connectivity index (χ3n) is 8.10. The molecule has 0 saturated carbocycles. The third kappa shape index (κ3) is 3.34. The van der Waals surface area contributed by atoms with E-state index in [2.05, 4.69) is 0 Å². The maximum absolute atomic E-state index is 14.6. The highest BCUT2D eigenvalue weighted by Crippen LogP contribution is 2.61. The van der Waals surface area contributed by atoms with Gasteiger partial charge in [0.15, 0.2) is 17.3 Å². The predicted molar refractivity (Wildman–Crippen MR) is 156 cm³/mol. The van der Waals surface area contributed by atoms with E-state index in [1.165, 1.54) is 11.3 Å². The maximum Gasteiger partial charge on any atom is 0.195 e. The van der Waals surface area contributed by atoms with Crippen molar-refractivity contribution in [1.29, 1.82) is 0 Å². The number of nitrogens with zero attached hydrogens (tertiary/aromatic N) is 1. The van der Waals surface area contributed by atoms with Crippen molar-refractivity contribution in [3.8, 4) is 0 Å². The van der Waals surface area contributed by atoms with Gasteiger partial charge in [-0.15, -0.1) is 11.3 Å². The second-order valence-electron chi connectivity index (χ2n) is 9.92. The van der Waals surface area contributed by atoms with Crippen LogP contribution in [0.3, 0.4) is 0 Å². The highest BCUT2D eigenvalue weighted by atomic mass is 35.5. The molecule has 1 aliphatic carbocycles. The minimum atomic E-state index is -1.62. The van der Waals surface area contributed by atoms with Gasteiger partial charge < -0.3 is 4.90 Å². The molecule has 39 heavy (non-hydrogen) atoms. The first-order chi connectivity index (χ1) is 18.8. The van der Waals surface area contributed by atoms with Crippen molar-refractivity contribution < 1.29 is 14.4 Å². The molecule has 3 aromatic carbocycles. The fraction of sp³-hybridized carbons (Fsp3) is 0.129. The van der Waals surface area contributed by atoms with Crippen molar-refractivity contribution in [2.45, 2.75) is 18.0 Å². The number of rotatable bonds is 3. The molecule has 1 spiro atoms. The molecule has 0 bridgehead atoms. The number of halogens is 3. The number of carbonyl (C=O) groups is 3. The van der Waals surface area contributed by atoms with E-state index in [1.807, 2.05) is 40.6 Å². The monoisotopic (exact) mass is 589 g/mol. The van der Waals surface area contributed by atoms with E-state index in [9.17, 15) is 14.4 Å². The minimum absolute atomic E-state index is 0.185. The van der Waals surface area contributed by atoms with Crippen molar-refractivity contribution >= 4 is 75.3 Å². The summed E-state index contributed by atoms with van der Waals surface area (Å²) in [5.41, 5.74) is 1.16. The van der Waals surface area contributed by atoms with Crippen LogP contribution in [0.5, 0.6) is 0 Å². The van der Waals surface area contributed by atoms with Crippen LogP contribution in [0.25, 0.3) is 6.08 Å². The van der Waals surface area contributed by atoms with Crippen LogP contribution in [-0.4, -0.2) is 29.4 Å². The summed E-state index contributed by atoms with van der Waals surface area (Å²) in [7, 11) is 0. The van der Waals surface area contributed by atoms with Crippen LogP contribution in [-0.2, 0) is 0 Å². The molecule has 1 aromatic heterocycles. The Bertz CT molecular complexity index is 1710. The number of fused-ring (bicyclic) bond motifs is 5. The van der Waals surface area contributed by atoms with E-state index >= 15 is 0 Å². The smallest absolute Gasteiger partial charge is 0.195 e. The van der Waals surface area contributed by atoms with Gasteiger partial charge in [-0.2, -0.15) is 0 Å². The molecule has 3 heterocycles. The van der Waals surface area contributed by atoms with Crippen molar-refractivity contribution in [2.75, 3.05) is 4.90 Å². The Kier molecular flexibility index (Phi) is 5.66. The van der Waals surface area contributed by atoms with Gasteiger partial charge >= 0.3 is 0 Å².